The minimum Gasteiger partial charge on any atom is -0.508 e. The molecule has 5 aliphatic heterocycles. The van der Waals surface area contributed by atoms with E-state index in [2.05, 4.69) is 54.0 Å². The number of rotatable bonds is 13. The largest absolute Gasteiger partial charge is 0.508 e. The first-order chi connectivity index (χ1) is 35.9. The number of fused-ring (bicyclic) bond motifs is 5. The monoisotopic (exact) mass is 1000 g/mol. The van der Waals surface area contributed by atoms with E-state index < -0.39 is 5.82 Å². The normalized spacial score (nSPS) is 21.2. The fourth-order valence-corrected chi connectivity index (χ4v) is 12.6. The van der Waals surface area contributed by atoms with Crippen LogP contribution in [-0.2, 0) is 19.6 Å². The van der Waals surface area contributed by atoms with E-state index in [1.807, 2.05) is 32.0 Å². The van der Waals surface area contributed by atoms with Gasteiger partial charge in [-0.1, -0.05) is 50.1 Å². The first-order valence-corrected chi connectivity index (χ1v) is 26.7. The average molecular weight is 1000 g/mol. The molecule has 15 heteroatoms. The van der Waals surface area contributed by atoms with Gasteiger partial charge in [-0.3, -0.25) is 14.7 Å². The van der Waals surface area contributed by atoms with Gasteiger partial charge in [0.2, 0.25) is 0 Å². The van der Waals surface area contributed by atoms with Gasteiger partial charge < -0.3 is 45.0 Å². The van der Waals surface area contributed by atoms with E-state index >= 15 is 4.39 Å². The molecule has 74 heavy (non-hydrogen) atoms. The zero-order valence-electron chi connectivity index (χ0n) is 42.5. The zero-order chi connectivity index (χ0) is 50.8. The maximum atomic E-state index is 17.2. The second-order valence-corrected chi connectivity index (χ2v) is 22.6. The van der Waals surface area contributed by atoms with Gasteiger partial charge in [-0.2, -0.15) is 9.97 Å². The van der Waals surface area contributed by atoms with Crippen molar-refractivity contribution in [2.45, 2.75) is 77.5 Å². The Morgan fingerprint density at radius 3 is 2.49 bits per heavy atom. The molecule has 5 fully saturated rings. The molecular formula is C59H66FN9O5. The number of anilines is 1. The number of aromatic hydroxyl groups is 3. The molecule has 4 aromatic carbocycles. The standard InChI is InChI=1S/C59H66FN9O5/c1-4-40-6-5-7-41-22-45(70)23-48(52(40)41)54-53(60)55-49(27-62-54)56(68-30-39-21-44(33-68)61-26-39)64-58(63-55)74-35-59(12-13-59)34-67-18-16-66(17-19-67)28-37-10-14-65(15-11-37)29-38-8-9-42-31-69(32-43(42)20-38)57(73)47-24-46(36(2)3)50(71)25-51(47)72/h1,5-9,20,22-25,27,36-37,39,44,61,70-72H,10-19,21,26,28-35H2,2-3H3. The van der Waals surface area contributed by atoms with Crippen LogP contribution in [0.3, 0.4) is 0 Å². The first-order valence-electron chi connectivity index (χ1n) is 26.7. The fourth-order valence-electron chi connectivity index (χ4n) is 12.6. The summed E-state index contributed by atoms with van der Waals surface area (Å²) < 4.78 is 23.7. The van der Waals surface area contributed by atoms with Gasteiger partial charge in [0.05, 0.1) is 17.6 Å². The molecule has 2 bridgehead atoms. The molecule has 6 aromatic rings. The number of pyridine rings is 1. The van der Waals surface area contributed by atoms with E-state index in [0.29, 0.717) is 76.2 Å². The van der Waals surface area contributed by atoms with Crippen molar-refractivity contribution in [3.63, 3.8) is 0 Å². The quantitative estimate of drug-likeness (QED) is 0.0832. The third-order valence-electron chi connectivity index (χ3n) is 16.9. The van der Waals surface area contributed by atoms with Gasteiger partial charge >= 0.3 is 6.01 Å². The SMILES string of the molecule is C#Cc1cccc2cc(O)cc(-c3ncc4c(N5CC6CNC(C6)C5)nc(OCC5(CN6CCN(CC7CCN(Cc8ccc9c(c8)CN(C(=O)c8cc(C(C)C)c(O)cc8O)C9)CC7)CC6)CC5)nc4c3F)c12. The molecule has 6 aliphatic rings. The molecule has 0 spiro atoms. The van der Waals surface area contributed by atoms with E-state index in [4.69, 9.17) is 21.1 Å². The minimum absolute atomic E-state index is 0.000836. The summed E-state index contributed by atoms with van der Waals surface area (Å²) in [5.41, 5.74) is 5.63. The summed E-state index contributed by atoms with van der Waals surface area (Å²) in [6.45, 7) is 17.1. The number of piperidine rings is 2. The Morgan fingerprint density at radius 2 is 1.72 bits per heavy atom. The molecule has 14 nitrogen and oxygen atoms in total. The molecule has 7 heterocycles. The van der Waals surface area contributed by atoms with Crippen LogP contribution in [0.25, 0.3) is 32.9 Å². The lowest BCUT2D eigenvalue weighted by molar-refractivity contribution is 0.0745. The van der Waals surface area contributed by atoms with Crippen LogP contribution in [0, 0.1) is 35.4 Å². The topological polar surface area (TPSA) is 154 Å². The van der Waals surface area contributed by atoms with E-state index in [1.54, 1.807) is 23.2 Å². The number of phenols is 3. The van der Waals surface area contributed by atoms with Crippen molar-refractivity contribution in [2.24, 2.45) is 17.3 Å². The summed E-state index contributed by atoms with van der Waals surface area (Å²) in [7, 11) is 0. The molecule has 4 N–H and O–H groups in total. The summed E-state index contributed by atoms with van der Waals surface area (Å²) in [6, 6.07) is 18.6. The van der Waals surface area contributed by atoms with Crippen molar-refractivity contribution < 1.29 is 29.2 Å². The molecule has 2 atom stereocenters. The highest BCUT2D eigenvalue weighted by Gasteiger charge is 2.46. The number of benzene rings is 4. The Kier molecular flexibility index (Phi) is 12.8. The number of nitrogens with zero attached hydrogens (tertiary/aromatic N) is 8. The average Bonchev–Trinajstić information content (AvgIpc) is 3.89. The number of halogens is 1. The van der Waals surface area contributed by atoms with Crippen molar-refractivity contribution in [3.05, 3.63) is 106 Å². The van der Waals surface area contributed by atoms with Crippen molar-refractivity contribution in [1.82, 2.24) is 39.9 Å². The fraction of sp³-hybridized carbons (Fsp3) is 0.458. The van der Waals surface area contributed by atoms with Crippen LogP contribution in [0.15, 0.2) is 66.9 Å². The number of likely N-dealkylation sites (tertiary alicyclic amines) is 1. The molecule has 1 aliphatic carbocycles. The number of carbonyl (C=O) groups excluding carboxylic acids is 1. The Hall–Kier alpha value is -6.57. The van der Waals surface area contributed by atoms with Gasteiger partial charge in [0, 0.05) is 119 Å². The zero-order valence-corrected chi connectivity index (χ0v) is 42.5. The molecule has 1 amide bonds. The van der Waals surface area contributed by atoms with Crippen molar-refractivity contribution >= 4 is 33.4 Å². The Balaban J connectivity index is 0.648. The lowest BCUT2D eigenvalue weighted by atomic mass is 9.95. The Labute approximate surface area is 432 Å². The maximum Gasteiger partial charge on any atom is 0.319 e. The summed E-state index contributed by atoms with van der Waals surface area (Å²) in [5, 5.41) is 37.1. The third-order valence-corrected chi connectivity index (χ3v) is 16.9. The van der Waals surface area contributed by atoms with E-state index in [1.165, 1.54) is 30.5 Å². The number of nitrogens with one attached hydrogen (secondary N) is 1. The van der Waals surface area contributed by atoms with Gasteiger partial charge in [-0.15, -0.1) is 6.42 Å². The highest BCUT2D eigenvalue weighted by atomic mass is 19.1. The smallest absolute Gasteiger partial charge is 0.319 e. The second kappa shape index (κ2) is 19.6. The molecule has 12 rings (SSSR count). The molecule has 0 radical (unpaired) electrons. The van der Waals surface area contributed by atoms with E-state index in [-0.39, 0.29) is 57.3 Å². The predicted octanol–water partition coefficient (Wildman–Crippen LogP) is 7.85. The number of hydrogen-bond donors (Lipinski definition) is 4. The second-order valence-electron chi connectivity index (χ2n) is 22.6. The lowest BCUT2D eigenvalue weighted by Crippen LogP contribution is -2.50. The summed E-state index contributed by atoms with van der Waals surface area (Å²) in [5.74, 6) is 3.51. The van der Waals surface area contributed by atoms with Crippen LogP contribution in [0.1, 0.15) is 90.0 Å². The number of carbonyl (C=O) groups is 1. The number of ether oxygens (including phenoxy) is 1. The maximum absolute atomic E-state index is 17.2. The first kappa shape index (κ1) is 48.4. The molecule has 1 saturated carbocycles. The van der Waals surface area contributed by atoms with Crippen LogP contribution in [0.5, 0.6) is 23.3 Å². The Bertz CT molecular complexity index is 3180. The molecule has 2 aromatic heterocycles. The van der Waals surface area contributed by atoms with Crippen LogP contribution in [0.4, 0.5) is 10.2 Å². The number of hydrogen-bond acceptors (Lipinski definition) is 13. The highest BCUT2D eigenvalue weighted by Crippen LogP contribution is 2.47. The van der Waals surface area contributed by atoms with Gasteiger partial charge in [0.15, 0.2) is 5.82 Å². The molecule has 384 valence electrons. The molecule has 4 saturated heterocycles. The number of phenolic OH excluding ortho intramolecular Hbond substituents is 3. The van der Waals surface area contributed by atoms with Gasteiger partial charge in [0.1, 0.15) is 34.3 Å². The summed E-state index contributed by atoms with van der Waals surface area (Å²) >= 11 is 0. The van der Waals surface area contributed by atoms with Gasteiger partial charge in [0.25, 0.3) is 5.91 Å². The number of piperazine rings is 1. The van der Waals surface area contributed by atoms with E-state index in [9.17, 15) is 20.1 Å². The van der Waals surface area contributed by atoms with Crippen molar-refractivity contribution in [3.8, 4) is 46.9 Å². The van der Waals surface area contributed by atoms with Crippen LogP contribution in [0.2, 0.25) is 0 Å². The summed E-state index contributed by atoms with van der Waals surface area (Å²) in [4.78, 5) is 39.8. The highest BCUT2D eigenvalue weighted by molar-refractivity contribution is 6.03. The minimum atomic E-state index is -0.603. The Morgan fingerprint density at radius 1 is 0.919 bits per heavy atom. The number of amides is 1. The predicted molar refractivity (Wildman–Crippen MR) is 284 cm³/mol. The number of aromatic nitrogens is 3. The van der Waals surface area contributed by atoms with Crippen LogP contribution < -0.4 is 15.0 Å². The molecular weight excluding hydrogens is 934 g/mol. The third kappa shape index (κ3) is 9.57. The number of terminal acetylenes is 1. The van der Waals surface area contributed by atoms with Crippen LogP contribution >= 0.6 is 0 Å². The molecule has 2 unspecified atom stereocenters. The van der Waals surface area contributed by atoms with Gasteiger partial charge in [-0.05, 0) is 115 Å². The lowest BCUT2D eigenvalue weighted by Gasteiger charge is -2.39. The summed E-state index contributed by atoms with van der Waals surface area (Å²) in [6.07, 6.45) is 13.2. The van der Waals surface area contributed by atoms with E-state index in [0.717, 1.165) is 109 Å². The van der Waals surface area contributed by atoms with Crippen molar-refractivity contribution in [2.75, 3.05) is 83.5 Å². The van der Waals surface area contributed by atoms with Crippen molar-refractivity contribution in [1.29, 1.82) is 0 Å². The van der Waals surface area contributed by atoms with Crippen LogP contribution in [-0.4, -0.2) is 140 Å². The van der Waals surface area contributed by atoms with Gasteiger partial charge in [-0.25, -0.2) is 4.39 Å².